The standard InChI is InChI=1S/C19H20F3N3O4/c1-27-15-5-3-4-14(17(15)28-2)24-18(26)25-9-7-13(11-25)29-16-10-12(6-8-23-16)19(20,21)22/h3-6,8,10,13H,7,9,11H2,1-2H3,(H,24,26). The van der Waals surface area contributed by atoms with Crippen molar-refractivity contribution in [2.45, 2.75) is 18.7 Å². The smallest absolute Gasteiger partial charge is 0.416 e. The lowest BCUT2D eigenvalue weighted by molar-refractivity contribution is -0.137. The molecule has 156 valence electrons. The highest BCUT2D eigenvalue weighted by Gasteiger charge is 2.32. The summed E-state index contributed by atoms with van der Waals surface area (Å²) in [6.45, 7) is 0.609. The molecule has 2 heterocycles. The summed E-state index contributed by atoms with van der Waals surface area (Å²) in [4.78, 5) is 17.9. The minimum Gasteiger partial charge on any atom is -0.493 e. The van der Waals surface area contributed by atoms with Crippen molar-refractivity contribution in [2.24, 2.45) is 0 Å². The summed E-state index contributed by atoms with van der Waals surface area (Å²) in [7, 11) is 2.96. The fourth-order valence-electron chi connectivity index (χ4n) is 3.01. The minimum atomic E-state index is -4.47. The van der Waals surface area contributed by atoms with Crippen LogP contribution in [-0.2, 0) is 6.18 Å². The zero-order valence-electron chi connectivity index (χ0n) is 15.8. The molecule has 1 saturated heterocycles. The van der Waals surface area contributed by atoms with Crippen LogP contribution in [0.3, 0.4) is 0 Å². The third-order valence-corrected chi connectivity index (χ3v) is 4.43. The van der Waals surface area contributed by atoms with Gasteiger partial charge in [-0.3, -0.25) is 0 Å². The number of hydrogen-bond donors (Lipinski definition) is 1. The van der Waals surface area contributed by atoms with Crippen LogP contribution in [0.1, 0.15) is 12.0 Å². The van der Waals surface area contributed by atoms with Crippen LogP contribution in [0.25, 0.3) is 0 Å². The number of aromatic nitrogens is 1. The van der Waals surface area contributed by atoms with Gasteiger partial charge in [0.1, 0.15) is 6.10 Å². The third-order valence-electron chi connectivity index (χ3n) is 4.43. The number of alkyl halides is 3. The lowest BCUT2D eigenvalue weighted by atomic mass is 10.2. The van der Waals surface area contributed by atoms with Crippen LogP contribution in [-0.4, -0.2) is 49.3 Å². The number of carbonyl (C=O) groups excluding carboxylic acids is 1. The molecule has 1 unspecified atom stereocenters. The molecule has 3 rings (SSSR count). The largest absolute Gasteiger partial charge is 0.493 e. The number of methoxy groups -OCH3 is 2. The van der Waals surface area contributed by atoms with E-state index in [1.807, 2.05) is 0 Å². The van der Waals surface area contributed by atoms with Gasteiger partial charge in [0.2, 0.25) is 5.88 Å². The number of benzene rings is 1. The molecule has 0 spiro atoms. The molecule has 1 atom stereocenters. The van der Waals surface area contributed by atoms with Gasteiger partial charge >= 0.3 is 12.2 Å². The monoisotopic (exact) mass is 411 g/mol. The molecule has 10 heteroatoms. The average Bonchev–Trinajstić information content (AvgIpc) is 3.16. The number of ether oxygens (including phenoxy) is 3. The van der Waals surface area contributed by atoms with Crippen molar-refractivity contribution >= 4 is 11.7 Å². The Hall–Kier alpha value is -3.17. The highest BCUT2D eigenvalue weighted by molar-refractivity contribution is 5.91. The Morgan fingerprint density at radius 2 is 2.03 bits per heavy atom. The second kappa shape index (κ2) is 8.46. The molecular weight excluding hydrogens is 391 g/mol. The lowest BCUT2D eigenvalue weighted by Crippen LogP contribution is -2.34. The summed E-state index contributed by atoms with van der Waals surface area (Å²) in [5.74, 6) is 0.744. The van der Waals surface area contributed by atoms with Crippen molar-refractivity contribution < 1.29 is 32.2 Å². The van der Waals surface area contributed by atoms with Crippen LogP contribution in [0.4, 0.5) is 23.7 Å². The minimum absolute atomic E-state index is 0.124. The third kappa shape index (κ3) is 4.82. The number of para-hydroxylation sites is 1. The SMILES string of the molecule is COc1cccc(NC(=O)N2CCC(Oc3cc(C(F)(F)F)ccn3)C2)c1OC. The molecule has 1 aliphatic heterocycles. The summed E-state index contributed by atoms with van der Waals surface area (Å²) < 4.78 is 54.5. The van der Waals surface area contributed by atoms with Crippen molar-refractivity contribution in [1.82, 2.24) is 9.88 Å². The first-order chi connectivity index (χ1) is 13.8. The molecule has 1 aromatic carbocycles. The van der Waals surface area contributed by atoms with Gasteiger partial charge < -0.3 is 24.4 Å². The molecule has 1 aliphatic rings. The summed E-state index contributed by atoms with van der Waals surface area (Å²) in [5, 5.41) is 2.75. The Labute approximate surface area is 165 Å². The number of rotatable bonds is 5. The lowest BCUT2D eigenvalue weighted by Gasteiger charge is -2.19. The van der Waals surface area contributed by atoms with Crippen LogP contribution in [0.2, 0.25) is 0 Å². The maximum Gasteiger partial charge on any atom is 0.416 e. The molecule has 1 N–H and O–H groups in total. The van der Waals surface area contributed by atoms with Crippen LogP contribution in [0.5, 0.6) is 17.4 Å². The van der Waals surface area contributed by atoms with Gasteiger partial charge in [-0.1, -0.05) is 6.07 Å². The van der Waals surface area contributed by atoms with Gasteiger partial charge in [-0.25, -0.2) is 9.78 Å². The van der Waals surface area contributed by atoms with Crippen molar-refractivity contribution in [2.75, 3.05) is 32.6 Å². The van der Waals surface area contributed by atoms with Gasteiger partial charge in [-0.2, -0.15) is 13.2 Å². The van der Waals surface area contributed by atoms with Gasteiger partial charge in [0, 0.05) is 25.2 Å². The van der Waals surface area contributed by atoms with E-state index in [1.165, 1.54) is 19.1 Å². The number of urea groups is 1. The van der Waals surface area contributed by atoms with E-state index in [1.54, 1.807) is 18.2 Å². The number of nitrogens with zero attached hydrogens (tertiary/aromatic N) is 2. The van der Waals surface area contributed by atoms with E-state index < -0.39 is 17.8 Å². The maximum atomic E-state index is 12.8. The molecule has 2 aromatic rings. The Balaban J connectivity index is 1.62. The fraction of sp³-hybridized carbons (Fsp3) is 0.368. The van der Waals surface area contributed by atoms with Gasteiger partial charge in [0.25, 0.3) is 0 Å². The van der Waals surface area contributed by atoms with E-state index in [0.29, 0.717) is 30.2 Å². The number of likely N-dealkylation sites (tertiary alicyclic amines) is 1. The summed E-state index contributed by atoms with van der Waals surface area (Å²) in [6, 6.07) is 6.45. The molecule has 0 aliphatic carbocycles. The van der Waals surface area contributed by atoms with Gasteiger partial charge in [-0.15, -0.1) is 0 Å². The predicted molar refractivity (Wildman–Crippen MR) is 98.4 cm³/mol. The molecule has 2 amide bonds. The Morgan fingerprint density at radius 3 is 2.72 bits per heavy atom. The molecule has 1 fully saturated rings. The van der Waals surface area contributed by atoms with E-state index in [2.05, 4.69) is 10.3 Å². The van der Waals surface area contributed by atoms with Gasteiger partial charge in [-0.05, 0) is 18.2 Å². The van der Waals surface area contributed by atoms with E-state index in [4.69, 9.17) is 14.2 Å². The van der Waals surface area contributed by atoms with E-state index in [9.17, 15) is 18.0 Å². The van der Waals surface area contributed by atoms with Crippen molar-refractivity contribution in [3.8, 4) is 17.4 Å². The van der Waals surface area contributed by atoms with Crippen LogP contribution in [0.15, 0.2) is 36.5 Å². The first-order valence-corrected chi connectivity index (χ1v) is 8.78. The highest BCUT2D eigenvalue weighted by Crippen LogP contribution is 2.35. The van der Waals surface area contributed by atoms with Gasteiger partial charge in [0.15, 0.2) is 11.5 Å². The predicted octanol–water partition coefficient (Wildman–Crippen LogP) is 3.80. The van der Waals surface area contributed by atoms with E-state index in [-0.39, 0.29) is 18.5 Å². The Kier molecular flexibility index (Phi) is 6.00. The second-order valence-corrected chi connectivity index (χ2v) is 6.33. The Morgan fingerprint density at radius 1 is 1.24 bits per heavy atom. The van der Waals surface area contributed by atoms with Crippen molar-refractivity contribution in [3.63, 3.8) is 0 Å². The molecule has 0 radical (unpaired) electrons. The summed E-state index contributed by atoms with van der Waals surface area (Å²) >= 11 is 0. The van der Waals surface area contributed by atoms with Crippen LogP contribution < -0.4 is 19.5 Å². The number of carbonyl (C=O) groups is 1. The number of hydrogen-bond acceptors (Lipinski definition) is 5. The van der Waals surface area contributed by atoms with E-state index >= 15 is 0 Å². The number of anilines is 1. The maximum absolute atomic E-state index is 12.8. The first-order valence-electron chi connectivity index (χ1n) is 8.78. The average molecular weight is 411 g/mol. The molecule has 29 heavy (non-hydrogen) atoms. The van der Waals surface area contributed by atoms with Gasteiger partial charge in [0.05, 0.1) is 32.0 Å². The number of nitrogens with one attached hydrogen (secondary N) is 1. The van der Waals surface area contributed by atoms with Crippen LogP contribution >= 0.6 is 0 Å². The number of amides is 2. The van der Waals surface area contributed by atoms with E-state index in [0.717, 1.165) is 18.3 Å². The molecule has 1 aromatic heterocycles. The first kappa shape index (κ1) is 20.6. The number of pyridine rings is 1. The highest BCUT2D eigenvalue weighted by atomic mass is 19.4. The Bertz CT molecular complexity index is 876. The zero-order chi connectivity index (χ0) is 21.0. The van der Waals surface area contributed by atoms with Crippen molar-refractivity contribution in [3.05, 3.63) is 42.1 Å². The normalized spacial score (nSPS) is 16.4. The topological polar surface area (TPSA) is 72.9 Å². The second-order valence-electron chi connectivity index (χ2n) is 6.33. The molecule has 7 nitrogen and oxygen atoms in total. The van der Waals surface area contributed by atoms with Crippen molar-refractivity contribution in [1.29, 1.82) is 0 Å². The summed E-state index contributed by atoms with van der Waals surface area (Å²) in [5.41, 5.74) is -0.388. The number of halogens is 3. The molecule has 0 saturated carbocycles. The fourth-order valence-corrected chi connectivity index (χ4v) is 3.01. The summed E-state index contributed by atoms with van der Waals surface area (Å²) in [6.07, 6.45) is -3.41. The zero-order valence-corrected chi connectivity index (χ0v) is 15.8. The molecule has 0 bridgehead atoms. The quantitative estimate of drug-likeness (QED) is 0.810. The molecular formula is C19H20F3N3O4. The van der Waals surface area contributed by atoms with Crippen LogP contribution in [0, 0.1) is 0 Å².